The quantitative estimate of drug-likeness (QED) is 0.867. The Labute approximate surface area is 99.0 Å². The van der Waals surface area contributed by atoms with E-state index in [-0.39, 0.29) is 18.3 Å². The summed E-state index contributed by atoms with van der Waals surface area (Å²) in [6.45, 7) is 2.31. The summed E-state index contributed by atoms with van der Waals surface area (Å²) >= 11 is 5.80. The average Bonchev–Trinajstić information content (AvgIpc) is 2.53. The molecule has 1 N–H and O–H groups in total. The summed E-state index contributed by atoms with van der Waals surface area (Å²) in [6.07, 6.45) is 0.492. The van der Waals surface area contributed by atoms with Crippen molar-refractivity contribution in [3.8, 4) is 0 Å². The molecule has 0 spiro atoms. The maximum Gasteiger partial charge on any atom is 0.126 e. The predicted octanol–water partition coefficient (Wildman–Crippen LogP) is 2.56. The summed E-state index contributed by atoms with van der Waals surface area (Å²) < 4.78 is 18.8. The molecule has 0 aliphatic carbocycles. The minimum absolute atomic E-state index is 0.237. The monoisotopic (exact) mass is 244 g/mol. The lowest BCUT2D eigenvalue weighted by molar-refractivity contribution is -0.0273. The fourth-order valence-corrected chi connectivity index (χ4v) is 2.21. The summed E-state index contributed by atoms with van der Waals surface area (Å²) in [5, 5.41) is 10.8. The van der Waals surface area contributed by atoms with Crippen molar-refractivity contribution in [3.63, 3.8) is 0 Å². The second-order valence-corrected chi connectivity index (χ2v) is 4.72. The first kappa shape index (κ1) is 11.8. The second kappa shape index (κ2) is 4.32. The van der Waals surface area contributed by atoms with Crippen LogP contribution in [0, 0.1) is 5.82 Å². The van der Waals surface area contributed by atoms with Gasteiger partial charge in [-0.2, -0.15) is 0 Å². The van der Waals surface area contributed by atoms with E-state index in [0.717, 1.165) is 0 Å². The topological polar surface area (TPSA) is 29.5 Å². The first-order valence-electron chi connectivity index (χ1n) is 5.29. The van der Waals surface area contributed by atoms with Gasteiger partial charge in [-0.25, -0.2) is 4.39 Å². The van der Waals surface area contributed by atoms with Crippen LogP contribution in [-0.2, 0) is 11.2 Å². The third-order valence-electron chi connectivity index (χ3n) is 3.16. The van der Waals surface area contributed by atoms with Crippen molar-refractivity contribution in [2.24, 2.45) is 0 Å². The molecule has 0 saturated carbocycles. The molecule has 88 valence electrons. The fraction of sp³-hybridized carbons (Fsp3) is 0.500. The molecule has 0 bridgehead atoms. The standard InChI is InChI=1S/C12H14ClFO2/c1-8-12(15,4-5-16-8)7-9-6-10(13)2-3-11(9)14/h2-3,6,8,15H,4-5,7H2,1H3. The van der Waals surface area contributed by atoms with E-state index in [0.29, 0.717) is 23.6 Å². The molecule has 0 amide bonds. The summed E-state index contributed by atoms with van der Waals surface area (Å²) in [7, 11) is 0. The highest BCUT2D eigenvalue weighted by Crippen LogP contribution is 2.30. The molecule has 2 atom stereocenters. The molecule has 1 heterocycles. The van der Waals surface area contributed by atoms with E-state index in [1.807, 2.05) is 0 Å². The number of ether oxygens (including phenoxy) is 1. The lowest BCUT2D eigenvalue weighted by Crippen LogP contribution is -2.38. The highest BCUT2D eigenvalue weighted by atomic mass is 35.5. The lowest BCUT2D eigenvalue weighted by Gasteiger charge is -2.26. The number of hydrogen-bond acceptors (Lipinski definition) is 2. The van der Waals surface area contributed by atoms with Crippen LogP contribution in [0.3, 0.4) is 0 Å². The molecule has 16 heavy (non-hydrogen) atoms. The second-order valence-electron chi connectivity index (χ2n) is 4.28. The zero-order valence-electron chi connectivity index (χ0n) is 9.04. The van der Waals surface area contributed by atoms with Gasteiger partial charge < -0.3 is 9.84 Å². The van der Waals surface area contributed by atoms with Gasteiger partial charge in [-0.1, -0.05) is 11.6 Å². The summed E-state index contributed by atoms with van der Waals surface area (Å²) in [4.78, 5) is 0. The number of aliphatic hydroxyl groups is 1. The Hall–Kier alpha value is -0.640. The molecule has 2 rings (SSSR count). The molecule has 1 saturated heterocycles. The van der Waals surface area contributed by atoms with E-state index >= 15 is 0 Å². The maximum absolute atomic E-state index is 13.5. The van der Waals surface area contributed by atoms with Crippen molar-refractivity contribution in [2.75, 3.05) is 6.61 Å². The molecule has 1 fully saturated rings. The molecule has 1 aromatic rings. The van der Waals surface area contributed by atoms with E-state index in [2.05, 4.69) is 0 Å². The van der Waals surface area contributed by atoms with Crippen LogP contribution < -0.4 is 0 Å². The summed E-state index contributed by atoms with van der Waals surface area (Å²) in [5.41, 5.74) is -0.543. The molecule has 2 unspecified atom stereocenters. The van der Waals surface area contributed by atoms with Crippen LogP contribution in [0.1, 0.15) is 18.9 Å². The molecule has 0 radical (unpaired) electrons. The predicted molar refractivity (Wildman–Crippen MR) is 60.1 cm³/mol. The highest BCUT2D eigenvalue weighted by Gasteiger charge is 2.40. The Balaban J connectivity index is 2.23. The van der Waals surface area contributed by atoms with Crippen molar-refractivity contribution in [1.82, 2.24) is 0 Å². The Morgan fingerprint density at radius 2 is 2.38 bits per heavy atom. The van der Waals surface area contributed by atoms with Crippen LogP contribution >= 0.6 is 11.6 Å². The molecule has 4 heteroatoms. The smallest absolute Gasteiger partial charge is 0.126 e. The van der Waals surface area contributed by atoms with Crippen LogP contribution in [0.25, 0.3) is 0 Å². The fourth-order valence-electron chi connectivity index (χ4n) is 2.01. The maximum atomic E-state index is 13.5. The average molecular weight is 245 g/mol. The van der Waals surface area contributed by atoms with Gasteiger partial charge in [0.2, 0.25) is 0 Å². The van der Waals surface area contributed by atoms with Gasteiger partial charge in [0.25, 0.3) is 0 Å². The zero-order valence-corrected chi connectivity index (χ0v) is 9.80. The van der Waals surface area contributed by atoms with E-state index in [9.17, 15) is 9.50 Å². The van der Waals surface area contributed by atoms with Gasteiger partial charge in [0.1, 0.15) is 5.82 Å². The van der Waals surface area contributed by atoms with Gasteiger partial charge >= 0.3 is 0 Å². The Morgan fingerprint density at radius 3 is 3.00 bits per heavy atom. The van der Waals surface area contributed by atoms with Crippen molar-refractivity contribution < 1.29 is 14.2 Å². The van der Waals surface area contributed by atoms with Gasteiger partial charge in [-0.3, -0.25) is 0 Å². The van der Waals surface area contributed by atoms with Crippen LogP contribution in [0.4, 0.5) is 4.39 Å². The van der Waals surface area contributed by atoms with Crippen molar-refractivity contribution >= 4 is 11.6 Å². The largest absolute Gasteiger partial charge is 0.387 e. The first-order chi connectivity index (χ1) is 7.51. The van der Waals surface area contributed by atoms with Gasteiger partial charge in [-0.15, -0.1) is 0 Å². The third-order valence-corrected chi connectivity index (χ3v) is 3.40. The van der Waals surface area contributed by atoms with Crippen LogP contribution in [-0.4, -0.2) is 23.4 Å². The van der Waals surface area contributed by atoms with Gasteiger partial charge in [0.05, 0.1) is 11.7 Å². The first-order valence-corrected chi connectivity index (χ1v) is 5.67. The minimum atomic E-state index is -0.981. The van der Waals surface area contributed by atoms with Crippen molar-refractivity contribution in [3.05, 3.63) is 34.6 Å². The van der Waals surface area contributed by atoms with Crippen LogP contribution in [0.2, 0.25) is 5.02 Å². The number of halogens is 2. The van der Waals surface area contributed by atoms with Crippen molar-refractivity contribution in [2.45, 2.75) is 31.5 Å². The molecule has 1 aliphatic rings. The van der Waals surface area contributed by atoms with E-state index < -0.39 is 5.60 Å². The highest BCUT2D eigenvalue weighted by molar-refractivity contribution is 6.30. The van der Waals surface area contributed by atoms with Crippen molar-refractivity contribution in [1.29, 1.82) is 0 Å². The molecule has 0 aromatic heterocycles. The van der Waals surface area contributed by atoms with E-state index in [1.54, 1.807) is 13.0 Å². The third kappa shape index (κ3) is 2.21. The number of benzene rings is 1. The summed E-state index contributed by atoms with van der Waals surface area (Å²) in [5.74, 6) is -0.336. The number of rotatable bonds is 2. The minimum Gasteiger partial charge on any atom is -0.387 e. The van der Waals surface area contributed by atoms with E-state index in [1.165, 1.54) is 12.1 Å². The molecular formula is C12H14ClFO2. The van der Waals surface area contributed by atoms with Gasteiger partial charge in [0.15, 0.2) is 0 Å². The Kier molecular flexibility index (Phi) is 3.19. The molecule has 1 aromatic carbocycles. The van der Waals surface area contributed by atoms with Crippen LogP contribution in [0.5, 0.6) is 0 Å². The van der Waals surface area contributed by atoms with Crippen LogP contribution in [0.15, 0.2) is 18.2 Å². The Morgan fingerprint density at radius 1 is 1.62 bits per heavy atom. The lowest BCUT2D eigenvalue weighted by atomic mass is 9.89. The number of hydrogen-bond donors (Lipinski definition) is 1. The molecule has 1 aliphatic heterocycles. The summed E-state index contributed by atoms with van der Waals surface area (Å²) in [6, 6.07) is 4.38. The zero-order chi connectivity index (χ0) is 11.8. The van der Waals surface area contributed by atoms with Gasteiger partial charge in [0, 0.05) is 24.5 Å². The Bertz CT molecular complexity index is 397. The molecular weight excluding hydrogens is 231 g/mol. The SMILES string of the molecule is CC1OCCC1(O)Cc1cc(Cl)ccc1F. The normalized spacial score (nSPS) is 29.6. The van der Waals surface area contributed by atoms with Gasteiger partial charge in [-0.05, 0) is 30.7 Å². The molecule has 2 nitrogen and oxygen atoms in total. The van der Waals surface area contributed by atoms with E-state index in [4.69, 9.17) is 16.3 Å².